The number of carbonyl (C=O) groups excluding carboxylic acids is 1. The Labute approximate surface area is 95.6 Å². The van der Waals surface area contributed by atoms with E-state index in [9.17, 15) is 4.79 Å². The second-order valence-electron chi connectivity index (χ2n) is 4.49. The lowest BCUT2D eigenvalue weighted by molar-refractivity contribution is 0.0960. The van der Waals surface area contributed by atoms with Gasteiger partial charge < -0.3 is 10.5 Å². The Balaban J connectivity index is 2.54. The minimum Gasteiger partial charge on any atom is -0.492 e. The standard InChI is InChI=1S/C13H17NO2/c1-8(2)9-4-3-5-10-12(15)11(14)6-7-16-13(9)10/h3-5,8,11H,6-7,14H2,1-2H3/t11-/m0/s1. The van der Waals surface area contributed by atoms with E-state index in [1.165, 1.54) is 0 Å². The molecule has 0 bridgehead atoms. The summed E-state index contributed by atoms with van der Waals surface area (Å²) in [5, 5.41) is 0. The van der Waals surface area contributed by atoms with Gasteiger partial charge in [0.15, 0.2) is 5.78 Å². The van der Waals surface area contributed by atoms with Crippen LogP contribution in [0.4, 0.5) is 0 Å². The number of rotatable bonds is 1. The van der Waals surface area contributed by atoms with E-state index in [0.29, 0.717) is 24.5 Å². The molecule has 0 aliphatic carbocycles. The molecular weight excluding hydrogens is 202 g/mol. The van der Waals surface area contributed by atoms with Gasteiger partial charge in [0.1, 0.15) is 5.75 Å². The number of hydrogen-bond acceptors (Lipinski definition) is 3. The fourth-order valence-electron chi connectivity index (χ4n) is 1.98. The first-order valence-corrected chi connectivity index (χ1v) is 5.66. The second kappa shape index (κ2) is 4.26. The van der Waals surface area contributed by atoms with E-state index in [0.717, 1.165) is 11.3 Å². The first-order valence-electron chi connectivity index (χ1n) is 5.66. The molecule has 0 saturated heterocycles. The van der Waals surface area contributed by atoms with Gasteiger partial charge >= 0.3 is 0 Å². The van der Waals surface area contributed by atoms with Crippen molar-refractivity contribution >= 4 is 5.78 Å². The average Bonchev–Trinajstić information content (AvgIpc) is 2.40. The van der Waals surface area contributed by atoms with Gasteiger partial charge in [-0.15, -0.1) is 0 Å². The highest BCUT2D eigenvalue weighted by molar-refractivity contribution is 6.03. The van der Waals surface area contributed by atoms with Crippen molar-refractivity contribution < 1.29 is 9.53 Å². The first kappa shape index (κ1) is 11.1. The van der Waals surface area contributed by atoms with Crippen molar-refractivity contribution in [2.75, 3.05) is 6.61 Å². The lowest BCUT2D eigenvalue weighted by atomic mass is 9.95. The molecule has 1 aromatic rings. The number of ether oxygens (including phenoxy) is 1. The van der Waals surface area contributed by atoms with Gasteiger partial charge in [-0.05, 0) is 17.5 Å². The summed E-state index contributed by atoms with van der Waals surface area (Å²) in [6.45, 7) is 4.70. The Kier molecular flexibility index (Phi) is 2.97. The maximum absolute atomic E-state index is 12.0. The molecule has 0 radical (unpaired) electrons. The molecule has 1 aliphatic rings. The van der Waals surface area contributed by atoms with Crippen molar-refractivity contribution in [2.24, 2.45) is 5.73 Å². The smallest absolute Gasteiger partial charge is 0.183 e. The van der Waals surface area contributed by atoms with E-state index >= 15 is 0 Å². The number of para-hydroxylation sites is 1. The first-order chi connectivity index (χ1) is 7.61. The van der Waals surface area contributed by atoms with Crippen molar-refractivity contribution in [3.8, 4) is 5.75 Å². The molecular formula is C13H17NO2. The van der Waals surface area contributed by atoms with E-state index in [-0.39, 0.29) is 5.78 Å². The maximum Gasteiger partial charge on any atom is 0.183 e. The van der Waals surface area contributed by atoms with Gasteiger partial charge in [0.05, 0.1) is 18.2 Å². The van der Waals surface area contributed by atoms with Crippen LogP contribution >= 0.6 is 0 Å². The van der Waals surface area contributed by atoms with E-state index in [4.69, 9.17) is 10.5 Å². The Hall–Kier alpha value is -1.35. The summed E-state index contributed by atoms with van der Waals surface area (Å²) in [4.78, 5) is 12.0. The zero-order chi connectivity index (χ0) is 11.7. The highest BCUT2D eigenvalue weighted by Gasteiger charge is 2.25. The molecule has 0 aromatic heterocycles. The zero-order valence-electron chi connectivity index (χ0n) is 9.69. The molecule has 3 heteroatoms. The summed E-state index contributed by atoms with van der Waals surface area (Å²) in [6, 6.07) is 5.28. The van der Waals surface area contributed by atoms with E-state index in [1.807, 2.05) is 12.1 Å². The van der Waals surface area contributed by atoms with Gasteiger partial charge in [0.2, 0.25) is 0 Å². The third-order valence-corrected chi connectivity index (χ3v) is 2.94. The topological polar surface area (TPSA) is 52.3 Å². The van der Waals surface area contributed by atoms with Crippen LogP contribution in [0.25, 0.3) is 0 Å². The highest BCUT2D eigenvalue weighted by atomic mass is 16.5. The zero-order valence-corrected chi connectivity index (χ0v) is 9.69. The molecule has 1 aliphatic heterocycles. The van der Waals surface area contributed by atoms with Crippen molar-refractivity contribution in [3.05, 3.63) is 29.3 Å². The molecule has 0 spiro atoms. The van der Waals surface area contributed by atoms with Crippen molar-refractivity contribution in [1.29, 1.82) is 0 Å². The molecule has 2 N–H and O–H groups in total. The van der Waals surface area contributed by atoms with Crippen LogP contribution in [0.1, 0.15) is 42.1 Å². The number of ketones is 1. The third-order valence-electron chi connectivity index (χ3n) is 2.94. The number of hydrogen-bond donors (Lipinski definition) is 1. The summed E-state index contributed by atoms with van der Waals surface area (Å²) in [7, 11) is 0. The van der Waals surface area contributed by atoms with Gasteiger partial charge in [0.25, 0.3) is 0 Å². The molecule has 0 amide bonds. The van der Waals surface area contributed by atoms with Crippen LogP contribution < -0.4 is 10.5 Å². The van der Waals surface area contributed by atoms with Gasteiger partial charge in [-0.25, -0.2) is 0 Å². The third kappa shape index (κ3) is 1.83. The predicted octanol–water partition coefficient (Wildman–Crippen LogP) is 2.10. The van der Waals surface area contributed by atoms with Gasteiger partial charge in [-0.1, -0.05) is 26.0 Å². The van der Waals surface area contributed by atoms with Crippen LogP contribution in [0.2, 0.25) is 0 Å². The molecule has 1 heterocycles. The number of Topliss-reactive ketones (excluding diaryl/α,β-unsaturated/α-hetero) is 1. The molecule has 1 aromatic carbocycles. The summed E-state index contributed by atoms with van der Waals surface area (Å²) < 4.78 is 5.68. The van der Waals surface area contributed by atoms with E-state index in [2.05, 4.69) is 13.8 Å². The van der Waals surface area contributed by atoms with Crippen molar-refractivity contribution in [2.45, 2.75) is 32.2 Å². The molecule has 1 atom stereocenters. The number of nitrogens with two attached hydrogens (primary N) is 1. The van der Waals surface area contributed by atoms with Gasteiger partial charge in [0, 0.05) is 6.42 Å². The molecule has 3 nitrogen and oxygen atoms in total. The Morgan fingerprint density at radius 2 is 2.19 bits per heavy atom. The summed E-state index contributed by atoms with van der Waals surface area (Å²) in [5.41, 5.74) is 7.51. The fraction of sp³-hybridized carbons (Fsp3) is 0.462. The quantitative estimate of drug-likeness (QED) is 0.787. The second-order valence-corrected chi connectivity index (χ2v) is 4.49. The van der Waals surface area contributed by atoms with E-state index in [1.54, 1.807) is 6.07 Å². The highest BCUT2D eigenvalue weighted by Crippen LogP contribution is 2.32. The predicted molar refractivity (Wildman–Crippen MR) is 62.9 cm³/mol. The molecule has 0 fully saturated rings. The minimum absolute atomic E-state index is 0.00463. The van der Waals surface area contributed by atoms with Gasteiger partial charge in [-0.2, -0.15) is 0 Å². The summed E-state index contributed by atoms with van der Waals surface area (Å²) in [6.07, 6.45) is 0.588. The van der Waals surface area contributed by atoms with Crippen LogP contribution in [-0.2, 0) is 0 Å². The van der Waals surface area contributed by atoms with Crippen LogP contribution in [-0.4, -0.2) is 18.4 Å². The Morgan fingerprint density at radius 3 is 2.88 bits per heavy atom. The fourth-order valence-corrected chi connectivity index (χ4v) is 1.98. The number of benzene rings is 1. The lowest BCUT2D eigenvalue weighted by Gasteiger charge is -2.14. The van der Waals surface area contributed by atoms with Gasteiger partial charge in [-0.3, -0.25) is 4.79 Å². The Bertz CT molecular complexity index is 412. The Morgan fingerprint density at radius 1 is 1.44 bits per heavy atom. The maximum atomic E-state index is 12.0. The molecule has 2 rings (SSSR count). The van der Waals surface area contributed by atoms with Crippen LogP contribution in [0.15, 0.2) is 18.2 Å². The average molecular weight is 219 g/mol. The number of carbonyl (C=O) groups is 1. The largest absolute Gasteiger partial charge is 0.492 e. The molecule has 16 heavy (non-hydrogen) atoms. The van der Waals surface area contributed by atoms with Crippen LogP contribution in [0.3, 0.4) is 0 Å². The lowest BCUT2D eigenvalue weighted by Crippen LogP contribution is -2.30. The van der Waals surface area contributed by atoms with Crippen molar-refractivity contribution in [3.63, 3.8) is 0 Å². The molecule has 86 valence electrons. The molecule has 0 unspecified atom stereocenters. The summed E-state index contributed by atoms with van der Waals surface area (Å²) >= 11 is 0. The normalized spacial score (nSPS) is 20.2. The SMILES string of the molecule is CC(C)c1cccc2c1OCC[C@H](N)C2=O. The van der Waals surface area contributed by atoms with Crippen LogP contribution in [0.5, 0.6) is 5.75 Å². The summed E-state index contributed by atoms with van der Waals surface area (Å²) in [5.74, 6) is 1.07. The van der Waals surface area contributed by atoms with Crippen molar-refractivity contribution in [1.82, 2.24) is 0 Å². The monoisotopic (exact) mass is 219 g/mol. The number of fused-ring (bicyclic) bond motifs is 1. The minimum atomic E-state index is -0.427. The van der Waals surface area contributed by atoms with E-state index < -0.39 is 6.04 Å². The van der Waals surface area contributed by atoms with Crippen LogP contribution in [0, 0.1) is 0 Å². The molecule has 0 saturated carbocycles.